The highest BCUT2D eigenvalue weighted by atomic mass is 16.4. The molecule has 0 saturated heterocycles. The van der Waals surface area contributed by atoms with Crippen molar-refractivity contribution in [2.45, 2.75) is 0 Å². The van der Waals surface area contributed by atoms with E-state index in [2.05, 4.69) is 12.1 Å². The Labute approximate surface area is 63.3 Å². The van der Waals surface area contributed by atoms with Gasteiger partial charge in [-0.3, -0.25) is 4.79 Å². The van der Waals surface area contributed by atoms with Crippen LogP contribution < -0.4 is 0 Å². The first kappa shape index (κ1) is 7.29. The lowest BCUT2D eigenvalue weighted by atomic mass is 10.2. The number of hydrogen-bond acceptors (Lipinski definition) is 2. The number of rotatable bonds is 2. The van der Waals surface area contributed by atoms with Crippen LogP contribution in [0.25, 0.3) is 0 Å². The van der Waals surface area contributed by atoms with Crippen molar-refractivity contribution in [1.82, 2.24) is 0 Å². The van der Waals surface area contributed by atoms with Crippen molar-refractivity contribution < 1.29 is 14.7 Å². The van der Waals surface area contributed by atoms with Crippen LogP contribution in [-0.4, -0.2) is 17.4 Å². The molecule has 0 aliphatic carbocycles. The Bertz CT molecular complexity index is 274. The summed E-state index contributed by atoms with van der Waals surface area (Å²) in [5, 5.41) is 8.41. The maximum absolute atomic E-state index is 10.3. The molecule has 1 aromatic rings. The van der Waals surface area contributed by atoms with E-state index in [1.807, 2.05) is 0 Å². The highest BCUT2D eigenvalue weighted by Crippen LogP contribution is 1.95. The van der Waals surface area contributed by atoms with E-state index in [0.717, 1.165) is 0 Å². The first-order chi connectivity index (χ1) is 5.24. The molecular formula is C8H4O3. The molecule has 0 saturated carbocycles. The zero-order valence-corrected chi connectivity index (χ0v) is 5.50. The number of carboxylic acid groups (broad SMARTS) is 1. The van der Waals surface area contributed by atoms with Crippen molar-refractivity contribution in [3.8, 4) is 0 Å². The van der Waals surface area contributed by atoms with E-state index in [1.165, 1.54) is 12.1 Å². The van der Waals surface area contributed by atoms with E-state index >= 15 is 0 Å². The first-order valence-corrected chi connectivity index (χ1v) is 2.86. The smallest absolute Gasteiger partial charge is 0.344 e. The van der Waals surface area contributed by atoms with Gasteiger partial charge in [-0.05, 0) is 12.1 Å². The minimum absolute atomic E-state index is 0.00981. The second-order valence-electron chi connectivity index (χ2n) is 1.88. The molecule has 1 N–H and O–H groups in total. The van der Waals surface area contributed by atoms with Gasteiger partial charge in [0, 0.05) is 0 Å². The van der Waals surface area contributed by atoms with Gasteiger partial charge in [-0.15, -0.1) is 0 Å². The van der Waals surface area contributed by atoms with Gasteiger partial charge in [0.05, 0.1) is 5.56 Å². The van der Waals surface area contributed by atoms with Crippen LogP contribution in [0.3, 0.4) is 0 Å². The minimum Gasteiger partial charge on any atom is -0.477 e. The number of carboxylic acids is 1. The Balaban J connectivity index is 3.00. The molecule has 0 fully saturated rings. The molecule has 54 valence electrons. The van der Waals surface area contributed by atoms with Gasteiger partial charge in [-0.25, -0.2) is 4.79 Å². The number of carbonyl (C=O) groups excluding carboxylic acids is 1. The summed E-state index contributed by atoms with van der Waals surface area (Å²) in [4.78, 5) is 20.3. The van der Waals surface area contributed by atoms with Crippen molar-refractivity contribution in [2.75, 3.05) is 0 Å². The largest absolute Gasteiger partial charge is 0.477 e. The molecule has 1 aromatic carbocycles. The van der Waals surface area contributed by atoms with Crippen molar-refractivity contribution in [3.05, 3.63) is 35.4 Å². The highest BCUT2D eigenvalue weighted by Gasteiger charge is 1.99. The van der Waals surface area contributed by atoms with Gasteiger partial charge >= 0.3 is 5.97 Å². The third-order valence-electron chi connectivity index (χ3n) is 1.13. The first-order valence-electron chi connectivity index (χ1n) is 2.86. The molecule has 0 unspecified atom stereocenters. The minimum atomic E-state index is -1.07. The van der Waals surface area contributed by atoms with Crippen molar-refractivity contribution in [3.63, 3.8) is 0 Å². The topological polar surface area (TPSA) is 54.4 Å². The van der Waals surface area contributed by atoms with E-state index < -0.39 is 5.97 Å². The van der Waals surface area contributed by atoms with E-state index in [0.29, 0.717) is 11.8 Å². The third-order valence-corrected chi connectivity index (χ3v) is 1.13. The summed E-state index contributed by atoms with van der Waals surface area (Å²) < 4.78 is 0. The fraction of sp³-hybridized carbons (Fsp3) is 0. The monoisotopic (exact) mass is 148 g/mol. The zero-order valence-electron chi connectivity index (χ0n) is 5.50. The second-order valence-corrected chi connectivity index (χ2v) is 1.88. The molecule has 0 aliphatic rings. The molecule has 0 spiro atoms. The average Bonchev–Trinajstić information content (AvgIpc) is 2.05. The molecule has 0 aromatic heterocycles. The number of aldehydes is 1. The fourth-order valence-electron chi connectivity index (χ4n) is 0.589. The van der Waals surface area contributed by atoms with Gasteiger partial charge in [-0.2, -0.15) is 0 Å². The van der Waals surface area contributed by atoms with Crippen LogP contribution in [0.4, 0.5) is 0 Å². The van der Waals surface area contributed by atoms with Crippen LogP contribution in [0.1, 0.15) is 20.7 Å². The van der Waals surface area contributed by atoms with Gasteiger partial charge in [-0.1, -0.05) is 12.1 Å². The van der Waals surface area contributed by atoms with Crippen molar-refractivity contribution >= 4 is 12.3 Å². The standard InChI is InChI=1S/C8H4O3/c9-5-6-1-3-7(4-2-6)8(10)11/h1,3,5H,(H,10,11). The zero-order chi connectivity index (χ0) is 8.27. The van der Waals surface area contributed by atoms with Gasteiger partial charge in [0.25, 0.3) is 0 Å². The predicted molar refractivity (Wildman–Crippen MR) is 36.5 cm³/mol. The van der Waals surface area contributed by atoms with Gasteiger partial charge < -0.3 is 5.11 Å². The maximum atomic E-state index is 10.3. The Hall–Kier alpha value is -1.82. The van der Waals surface area contributed by atoms with Crippen molar-refractivity contribution in [1.29, 1.82) is 0 Å². The molecule has 0 heterocycles. The maximum Gasteiger partial charge on any atom is 0.344 e. The van der Waals surface area contributed by atoms with E-state index in [9.17, 15) is 9.59 Å². The van der Waals surface area contributed by atoms with Gasteiger partial charge in [0.1, 0.15) is 5.56 Å². The predicted octanol–water partition coefficient (Wildman–Crippen LogP) is 0.798. The van der Waals surface area contributed by atoms with E-state index in [1.54, 1.807) is 0 Å². The van der Waals surface area contributed by atoms with E-state index in [4.69, 9.17) is 5.11 Å². The molecule has 11 heavy (non-hydrogen) atoms. The molecule has 0 amide bonds. The highest BCUT2D eigenvalue weighted by molar-refractivity contribution is 5.87. The molecule has 0 bridgehead atoms. The number of aromatic carboxylic acids is 1. The molecule has 0 radical (unpaired) electrons. The molecule has 1 rings (SSSR count). The number of hydrogen-bond donors (Lipinski definition) is 1. The molecule has 3 nitrogen and oxygen atoms in total. The summed E-state index contributed by atoms with van der Waals surface area (Å²) in [5.41, 5.74) is 0.311. The van der Waals surface area contributed by atoms with Crippen LogP contribution in [0.5, 0.6) is 0 Å². The second kappa shape index (κ2) is 2.84. The van der Waals surface area contributed by atoms with Crippen molar-refractivity contribution in [2.24, 2.45) is 0 Å². The summed E-state index contributed by atoms with van der Waals surface area (Å²) in [5.74, 6) is -1.07. The lowest BCUT2D eigenvalue weighted by Crippen LogP contribution is -1.94. The molecule has 0 atom stereocenters. The molecule has 0 aliphatic heterocycles. The number of carbonyl (C=O) groups is 2. The third kappa shape index (κ3) is 1.55. The van der Waals surface area contributed by atoms with Crippen LogP contribution >= 0.6 is 0 Å². The molecule has 3 heteroatoms. The summed E-state index contributed by atoms with van der Waals surface area (Å²) in [6.45, 7) is 0. The van der Waals surface area contributed by atoms with Gasteiger partial charge in [0.15, 0.2) is 6.29 Å². The Morgan fingerprint density at radius 2 is 2.18 bits per heavy atom. The molecular weight excluding hydrogens is 144 g/mol. The Kier molecular flexibility index (Phi) is 1.88. The quantitative estimate of drug-likeness (QED) is 0.631. The fourth-order valence-corrected chi connectivity index (χ4v) is 0.589. The Morgan fingerprint density at radius 1 is 1.45 bits per heavy atom. The van der Waals surface area contributed by atoms with Crippen LogP contribution in [-0.2, 0) is 0 Å². The summed E-state index contributed by atoms with van der Waals surface area (Å²) in [7, 11) is 0. The van der Waals surface area contributed by atoms with E-state index in [-0.39, 0.29) is 5.56 Å². The van der Waals surface area contributed by atoms with Gasteiger partial charge in [0.2, 0.25) is 0 Å². The van der Waals surface area contributed by atoms with Crippen LogP contribution in [0.15, 0.2) is 12.1 Å². The average molecular weight is 148 g/mol. The van der Waals surface area contributed by atoms with Crippen LogP contribution in [0.2, 0.25) is 0 Å². The summed E-state index contributed by atoms with van der Waals surface area (Å²) in [6, 6.07) is 7.42. The summed E-state index contributed by atoms with van der Waals surface area (Å²) in [6.07, 6.45) is 0.585. The normalized spacial score (nSPS) is 8.36. The summed E-state index contributed by atoms with van der Waals surface area (Å²) >= 11 is 0. The lowest BCUT2D eigenvalue weighted by molar-refractivity contribution is 0.0696. The lowest BCUT2D eigenvalue weighted by Gasteiger charge is -1.86. The Morgan fingerprint density at radius 3 is 2.55 bits per heavy atom. The van der Waals surface area contributed by atoms with Crippen LogP contribution in [0, 0.1) is 12.1 Å². The SMILES string of the molecule is O=Cc1c#cc(C(=O)O)cc1.